The molecule has 1 unspecified atom stereocenters. The molecule has 0 spiro atoms. The summed E-state index contributed by atoms with van der Waals surface area (Å²) in [6, 6.07) is 19.5. The predicted molar refractivity (Wildman–Crippen MR) is 92.6 cm³/mol. The molecule has 0 saturated carbocycles. The zero-order valence-electron chi connectivity index (χ0n) is 13.4. The summed E-state index contributed by atoms with van der Waals surface area (Å²) in [5.41, 5.74) is 3.79. The molecule has 0 aliphatic carbocycles. The van der Waals surface area contributed by atoms with Crippen LogP contribution in [-0.4, -0.2) is 10.8 Å². The predicted octanol–water partition coefficient (Wildman–Crippen LogP) is 4.35. The Morgan fingerprint density at radius 1 is 1.04 bits per heavy atom. The summed E-state index contributed by atoms with van der Waals surface area (Å²) in [6.45, 7) is 2.49. The Morgan fingerprint density at radius 2 is 1.83 bits per heavy atom. The molecule has 4 rings (SSSR count). The third-order valence-corrected chi connectivity index (χ3v) is 4.41. The van der Waals surface area contributed by atoms with Crippen LogP contribution in [0.25, 0.3) is 0 Å². The van der Waals surface area contributed by atoms with Gasteiger partial charge in [0.2, 0.25) is 0 Å². The van der Waals surface area contributed by atoms with E-state index in [1.54, 1.807) is 6.26 Å². The number of hydrogen-bond acceptors (Lipinski definition) is 3. The third-order valence-electron chi connectivity index (χ3n) is 4.41. The average molecular weight is 318 g/mol. The van der Waals surface area contributed by atoms with Gasteiger partial charge in [0.15, 0.2) is 0 Å². The number of benzene rings is 2. The second-order valence-electron chi connectivity index (χ2n) is 5.96. The van der Waals surface area contributed by atoms with E-state index in [-0.39, 0.29) is 12.1 Å². The minimum atomic E-state index is -0.223. The zero-order chi connectivity index (χ0) is 16.5. The molecule has 0 fully saturated rings. The highest BCUT2D eigenvalue weighted by molar-refractivity contribution is 6.01. The molecule has 0 bridgehead atoms. The summed E-state index contributed by atoms with van der Waals surface area (Å²) in [7, 11) is 0. The summed E-state index contributed by atoms with van der Waals surface area (Å²) in [4.78, 5) is 14.9. The lowest BCUT2D eigenvalue weighted by molar-refractivity contribution is 0.0651. The van der Waals surface area contributed by atoms with E-state index in [0.717, 1.165) is 22.6 Å². The Hall–Kier alpha value is -3.01. The highest BCUT2D eigenvalue weighted by Gasteiger charge is 2.33. The quantitative estimate of drug-likeness (QED) is 0.780. The number of hydrogen-bond donors (Lipinski definition) is 1. The number of nitrogens with zero attached hydrogens (tertiary/aromatic N) is 1. The van der Waals surface area contributed by atoms with Gasteiger partial charge in [-0.2, -0.15) is 0 Å². The molecule has 1 aromatic heterocycles. The first-order chi connectivity index (χ1) is 11.7. The number of rotatable bonds is 3. The fraction of sp³-hybridized carbons (Fsp3) is 0.150. The molecular formula is C20H18N2O2. The molecule has 0 saturated heterocycles. The Bertz CT molecular complexity index is 871. The van der Waals surface area contributed by atoms with Crippen molar-refractivity contribution in [2.45, 2.75) is 19.6 Å². The van der Waals surface area contributed by atoms with E-state index < -0.39 is 0 Å². The molecule has 1 atom stereocenters. The maximum Gasteiger partial charge on any atom is 0.258 e. The number of furan rings is 1. The SMILES string of the molecule is Cc1ccccc1C1Nc2ccccc2C(=O)N1Cc1ccco1. The number of anilines is 1. The smallest absolute Gasteiger partial charge is 0.258 e. The van der Waals surface area contributed by atoms with Gasteiger partial charge in [-0.15, -0.1) is 0 Å². The topological polar surface area (TPSA) is 45.5 Å². The Balaban J connectivity index is 1.79. The monoisotopic (exact) mass is 318 g/mol. The van der Waals surface area contributed by atoms with Crippen molar-refractivity contribution in [3.8, 4) is 0 Å². The van der Waals surface area contributed by atoms with Crippen molar-refractivity contribution >= 4 is 11.6 Å². The van der Waals surface area contributed by atoms with Crippen molar-refractivity contribution in [3.05, 3.63) is 89.4 Å². The van der Waals surface area contributed by atoms with E-state index >= 15 is 0 Å². The molecule has 2 aromatic carbocycles. The molecule has 120 valence electrons. The first-order valence-electron chi connectivity index (χ1n) is 7.98. The third kappa shape index (κ3) is 2.46. The molecule has 1 N–H and O–H groups in total. The molecule has 1 amide bonds. The van der Waals surface area contributed by atoms with E-state index in [4.69, 9.17) is 4.42 Å². The zero-order valence-corrected chi connectivity index (χ0v) is 13.4. The van der Waals surface area contributed by atoms with Gasteiger partial charge < -0.3 is 14.6 Å². The number of carbonyl (C=O) groups is 1. The minimum absolute atomic E-state index is 0.00834. The van der Waals surface area contributed by atoms with Crippen LogP contribution in [0.1, 0.15) is 33.4 Å². The van der Waals surface area contributed by atoms with Crippen LogP contribution < -0.4 is 5.32 Å². The van der Waals surface area contributed by atoms with Gasteiger partial charge in [-0.1, -0.05) is 36.4 Å². The lowest BCUT2D eigenvalue weighted by Gasteiger charge is -2.38. The second-order valence-corrected chi connectivity index (χ2v) is 5.96. The molecule has 3 aromatic rings. The van der Waals surface area contributed by atoms with E-state index in [2.05, 4.69) is 24.4 Å². The van der Waals surface area contributed by atoms with Crippen molar-refractivity contribution in [1.29, 1.82) is 0 Å². The van der Waals surface area contributed by atoms with Gasteiger partial charge in [-0.25, -0.2) is 0 Å². The molecule has 24 heavy (non-hydrogen) atoms. The van der Waals surface area contributed by atoms with Crippen LogP contribution in [0.3, 0.4) is 0 Å². The van der Waals surface area contributed by atoms with Crippen molar-refractivity contribution in [2.24, 2.45) is 0 Å². The van der Waals surface area contributed by atoms with Gasteiger partial charge in [-0.05, 0) is 42.3 Å². The molecule has 1 aliphatic heterocycles. The van der Waals surface area contributed by atoms with Crippen LogP contribution in [0.15, 0.2) is 71.3 Å². The maximum atomic E-state index is 13.1. The first-order valence-corrected chi connectivity index (χ1v) is 7.98. The van der Waals surface area contributed by atoms with Crippen molar-refractivity contribution in [1.82, 2.24) is 4.90 Å². The number of nitrogens with one attached hydrogen (secondary N) is 1. The van der Waals surface area contributed by atoms with Gasteiger partial charge in [0, 0.05) is 5.69 Å². The molecule has 0 radical (unpaired) electrons. The maximum absolute atomic E-state index is 13.1. The van der Waals surface area contributed by atoms with E-state index in [0.29, 0.717) is 12.1 Å². The fourth-order valence-corrected chi connectivity index (χ4v) is 3.17. The highest BCUT2D eigenvalue weighted by atomic mass is 16.3. The van der Waals surface area contributed by atoms with Crippen LogP contribution in [0.2, 0.25) is 0 Å². The van der Waals surface area contributed by atoms with Gasteiger partial charge in [0.05, 0.1) is 18.4 Å². The summed E-state index contributed by atoms with van der Waals surface area (Å²) in [5, 5.41) is 3.51. The van der Waals surface area contributed by atoms with E-state index in [9.17, 15) is 4.79 Å². The standard InChI is InChI=1S/C20H18N2O2/c1-14-7-2-3-9-16(14)19-21-18-11-5-4-10-17(18)20(23)22(19)13-15-8-6-12-24-15/h2-12,19,21H,13H2,1H3. The van der Waals surface area contributed by atoms with Crippen LogP contribution in [0.4, 0.5) is 5.69 Å². The van der Waals surface area contributed by atoms with Crippen LogP contribution in [-0.2, 0) is 6.54 Å². The van der Waals surface area contributed by atoms with E-state index in [1.807, 2.05) is 53.4 Å². The van der Waals surface area contributed by atoms with Gasteiger partial charge in [0.1, 0.15) is 11.9 Å². The van der Waals surface area contributed by atoms with Crippen LogP contribution in [0, 0.1) is 6.92 Å². The molecule has 1 aliphatic rings. The Morgan fingerprint density at radius 3 is 2.62 bits per heavy atom. The second kappa shape index (κ2) is 5.89. The summed E-state index contributed by atoms with van der Waals surface area (Å²) in [5.74, 6) is 0.775. The first kappa shape index (κ1) is 14.6. The van der Waals surface area contributed by atoms with Crippen molar-refractivity contribution < 1.29 is 9.21 Å². The van der Waals surface area contributed by atoms with Crippen LogP contribution >= 0.6 is 0 Å². The van der Waals surface area contributed by atoms with Gasteiger partial charge >= 0.3 is 0 Å². The number of para-hydroxylation sites is 1. The molecule has 4 nitrogen and oxygen atoms in total. The van der Waals surface area contributed by atoms with Crippen LogP contribution in [0.5, 0.6) is 0 Å². The Labute approximate surface area is 140 Å². The lowest BCUT2D eigenvalue weighted by atomic mass is 10.00. The fourth-order valence-electron chi connectivity index (χ4n) is 3.17. The van der Waals surface area contributed by atoms with Crippen molar-refractivity contribution in [2.75, 3.05) is 5.32 Å². The summed E-state index contributed by atoms with van der Waals surface area (Å²) < 4.78 is 5.47. The average Bonchev–Trinajstić information content (AvgIpc) is 3.11. The number of fused-ring (bicyclic) bond motifs is 1. The Kier molecular flexibility index (Phi) is 3.58. The van der Waals surface area contributed by atoms with E-state index in [1.165, 1.54) is 0 Å². The van der Waals surface area contributed by atoms with Gasteiger partial charge in [0.25, 0.3) is 5.91 Å². The lowest BCUT2D eigenvalue weighted by Crippen LogP contribution is -2.42. The summed E-state index contributed by atoms with van der Waals surface area (Å²) >= 11 is 0. The highest BCUT2D eigenvalue weighted by Crippen LogP contribution is 2.35. The summed E-state index contributed by atoms with van der Waals surface area (Å²) in [6.07, 6.45) is 1.41. The largest absolute Gasteiger partial charge is 0.467 e. The van der Waals surface area contributed by atoms with Crippen molar-refractivity contribution in [3.63, 3.8) is 0 Å². The normalized spacial score (nSPS) is 16.6. The number of carbonyl (C=O) groups excluding carboxylic acids is 1. The molecule has 2 heterocycles. The van der Waals surface area contributed by atoms with Gasteiger partial charge in [-0.3, -0.25) is 4.79 Å². The number of aryl methyl sites for hydroxylation is 1. The molecular weight excluding hydrogens is 300 g/mol. The minimum Gasteiger partial charge on any atom is -0.467 e. The molecule has 4 heteroatoms. The number of amides is 1.